The van der Waals surface area contributed by atoms with Crippen LogP contribution in [0, 0.1) is 0 Å². The summed E-state index contributed by atoms with van der Waals surface area (Å²) in [6.07, 6.45) is 4.67. The number of nitrogens with one attached hydrogen (secondary N) is 1. The molecule has 0 aliphatic carbocycles. The molecule has 0 aliphatic rings. The van der Waals surface area contributed by atoms with Gasteiger partial charge in [-0.25, -0.2) is 0 Å². The molecule has 1 N–H and O–H groups in total. The summed E-state index contributed by atoms with van der Waals surface area (Å²) in [5.74, 6) is 1.58. The van der Waals surface area contributed by atoms with Crippen molar-refractivity contribution in [3.63, 3.8) is 0 Å². The average molecular weight is 486 g/mol. The first-order valence-corrected chi connectivity index (χ1v) is 11.4. The zero-order valence-corrected chi connectivity index (χ0v) is 20.1. The third-order valence-corrected chi connectivity index (χ3v) is 5.62. The molecule has 0 aliphatic heterocycles. The minimum atomic E-state index is 0.0766. The van der Waals surface area contributed by atoms with Crippen molar-refractivity contribution in [3.05, 3.63) is 119 Å². The smallest absolute Gasteiger partial charge is 0.134 e. The van der Waals surface area contributed by atoms with E-state index < -0.39 is 0 Å². The quantitative estimate of drug-likeness (QED) is 0.218. The minimum Gasteiger partial charge on any atom is -0.325 e. The second-order valence-corrected chi connectivity index (χ2v) is 8.28. The maximum Gasteiger partial charge on any atom is 0.134 e. The van der Waals surface area contributed by atoms with Crippen molar-refractivity contribution in [2.24, 2.45) is 9.98 Å². The van der Waals surface area contributed by atoms with Crippen LogP contribution < -0.4 is 5.32 Å². The second-order valence-electron chi connectivity index (χ2n) is 7.36. The van der Waals surface area contributed by atoms with Gasteiger partial charge in [0, 0.05) is 22.7 Å². The summed E-state index contributed by atoms with van der Waals surface area (Å²) < 4.78 is 0.973. The normalized spacial score (nSPS) is 13.5. The van der Waals surface area contributed by atoms with Crippen LogP contribution in [-0.4, -0.2) is 24.8 Å². The van der Waals surface area contributed by atoms with Crippen LogP contribution in [0.5, 0.6) is 0 Å². The highest BCUT2D eigenvalue weighted by atomic mass is 79.9. The predicted molar refractivity (Wildman–Crippen MR) is 142 cm³/mol. The molecule has 3 nitrogen and oxygen atoms in total. The number of hydrogen-bond acceptors (Lipinski definition) is 2. The molecule has 0 radical (unpaired) electrons. The van der Waals surface area contributed by atoms with Crippen molar-refractivity contribution in [2.75, 3.05) is 7.05 Å². The van der Waals surface area contributed by atoms with Crippen LogP contribution in [0.4, 0.5) is 0 Å². The monoisotopic (exact) mass is 485 g/mol. The molecule has 1 unspecified atom stereocenters. The van der Waals surface area contributed by atoms with E-state index in [4.69, 9.17) is 4.99 Å². The summed E-state index contributed by atoms with van der Waals surface area (Å²) in [6.45, 7) is 5.89. The molecule has 0 heterocycles. The lowest BCUT2D eigenvalue weighted by Crippen LogP contribution is -2.33. The first-order valence-electron chi connectivity index (χ1n) is 10.6. The molecule has 3 aromatic carbocycles. The van der Waals surface area contributed by atoms with E-state index in [-0.39, 0.29) is 6.04 Å². The van der Waals surface area contributed by atoms with Gasteiger partial charge in [0.2, 0.25) is 0 Å². The largest absolute Gasteiger partial charge is 0.325 e. The van der Waals surface area contributed by atoms with Gasteiger partial charge >= 0.3 is 0 Å². The lowest BCUT2D eigenvalue weighted by molar-refractivity contribution is 0.756. The highest BCUT2D eigenvalue weighted by Crippen LogP contribution is 2.20. The molecule has 0 saturated carbocycles. The molecule has 3 aromatic rings. The van der Waals surface area contributed by atoms with E-state index in [1.54, 1.807) is 13.1 Å². The van der Waals surface area contributed by atoms with Gasteiger partial charge in [-0.15, -0.1) is 0 Å². The van der Waals surface area contributed by atoms with Crippen molar-refractivity contribution in [1.29, 1.82) is 0 Å². The summed E-state index contributed by atoms with van der Waals surface area (Å²) in [4.78, 5) is 9.47. The molecule has 162 valence electrons. The Kier molecular flexibility index (Phi) is 8.76. The molecule has 1 atom stereocenters. The summed E-state index contributed by atoms with van der Waals surface area (Å²) in [5, 5.41) is 3.48. The molecule has 0 fully saturated rings. The minimum absolute atomic E-state index is 0.0766. The zero-order chi connectivity index (χ0) is 22.8. The highest BCUT2D eigenvalue weighted by molar-refractivity contribution is 9.11. The lowest BCUT2D eigenvalue weighted by Gasteiger charge is -2.15. The van der Waals surface area contributed by atoms with Gasteiger partial charge in [0.1, 0.15) is 11.7 Å². The lowest BCUT2D eigenvalue weighted by atomic mass is 10.0. The van der Waals surface area contributed by atoms with Crippen LogP contribution in [0.2, 0.25) is 0 Å². The SMILES string of the molecule is C=C/C(Br)=C\CC(C)N=C(NC(=NC)c1ccccc1)c1ccc(-c2ccccc2)cc1. The first-order chi connectivity index (χ1) is 15.6. The molecule has 0 bridgehead atoms. The third-order valence-electron chi connectivity index (χ3n) is 4.97. The molecular formula is C28H28BrN3. The maximum atomic E-state index is 4.99. The Morgan fingerprint density at radius 1 is 0.875 bits per heavy atom. The molecule has 0 amide bonds. The van der Waals surface area contributed by atoms with Crippen molar-refractivity contribution in [3.8, 4) is 11.1 Å². The van der Waals surface area contributed by atoms with Crippen LogP contribution in [0.15, 0.2) is 118 Å². The Morgan fingerprint density at radius 2 is 1.44 bits per heavy atom. The van der Waals surface area contributed by atoms with Gasteiger partial charge in [0.25, 0.3) is 0 Å². The third kappa shape index (κ3) is 6.63. The van der Waals surface area contributed by atoms with Gasteiger partial charge in [-0.2, -0.15) is 0 Å². The molecule has 0 aromatic heterocycles. The number of amidine groups is 2. The van der Waals surface area contributed by atoms with Gasteiger partial charge in [-0.3, -0.25) is 9.98 Å². The van der Waals surface area contributed by atoms with E-state index in [0.29, 0.717) is 0 Å². The topological polar surface area (TPSA) is 36.8 Å². The molecule has 0 saturated heterocycles. The number of nitrogens with zero attached hydrogens (tertiary/aromatic N) is 2. The number of aliphatic imine (C=N–C) groups is 2. The van der Waals surface area contributed by atoms with E-state index in [2.05, 4.69) is 94.3 Å². The van der Waals surface area contributed by atoms with Crippen LogP contribution in [0.1, 0.15) is 24.5 Å². The molecule has 0 spiro atoms. The van der Waals surface area contributed by atoms with Crippen molar-refractivity contribution < 1.29 is 0 Å². The van der Waals surface area contributed by atoms with Crippen molar-refractivity contribution >= 4 is 27.6 Å². The van der Waals surface area contributed by atoms with Gasteiger partial charge in [-0.05, 0) is 24.5 Å². The van der Waals surface area contributed by atoms with E-state index >= 15 is 0 Å². The molecule has 4 heteroatoms. The molecule has 3 rings (SSSR count). The van der Waals surface area contributed by atoms with Crippen LogP contribution in [0.25, 0.3) is 11.1 Å². The second kappa shape index (κ2) is 12.0. The van der Waals surface area contributed by atoms with E-state index in [1.165, 1.54) is 11.1 Å². The van der Waals surface area contributed by atoms with Gasteiger partial charge < -0.3 is 5.32 Å². The zero-order valence-electron chi connectivity index (χ0n) is 18.5. The maximum absolute atomic E-state index is 4.99. The van der Waals surface area contributed by atoms with Crippen molar-refractivity contribution in [1.82, 2.24) is 5.32 Å². The number of hydrogen-bond donors (Lipinski definition) is 1. The summed E-state index contributed by atoms with van der Waals surface area (Å²) in [6, 6.07) is 29.0. The van der Waals surface area contributed by atoms with E-state index in [1.807, 2.05) is 36.4 Å². The summed E-state index contributed by atoms with van der Waals surface area (Å²) >= 11 is 3.49. The Bertz CT molecular complexity index is 1100. The van der Waals surface area contributed by atoms with Gasteiger partial charge in [0.15, 0.2) is 0 Å². The fraction of sp³-hybridized carbons (Fsp3) is 0.143. The van der Waals surface area contributed by atoms with Crippen LogP contribution in [0.3, 0.4) is 0 Å². The number of halogens is 1. The number of allylic oxidation sites excluding steroid dienone is 2. The number of rotatable bonds is 7. The van der Waals surface area contributed by atoms with E-state index in [9.17, 15) is 0 Å². The standard InChI is InChI=1S/C28H28BrN3/c1-4-26(29)20-15-21(2)31-28(32-27(30-3)24-13-9-6-10-14-24)25-18-16-23(17-19-25)22-11-7-5-8-12-22/h4-14,16-21H,1,15H2,2-3H3,(H,30,31,32)/b26-20+. The van der Waals surface area contributed by atoms with Crippen molar-refractivity contribution in [2.45, 2.75) is 19.4 Å². The number of benzene rings is 3. The molecule has 32 heavy (non-hydrogen) atoms. The fourth-order valence-electron chi connectivity index (χ4n) is 3.24. The Hall–Kier alpha value is -3.24. The first kappa shape index (κ1) is 23.4. The fourth-order valence-corrected chi connectivity index (χ4v) is 3.42. The van der Waals surface area contributed by atoms with E-state index in [0.717, 1.165) is 33.7 Å². The van der Waals surface area contributed by atoms with Gasteiger partial charge in [0.05, 0.1) is 6.04 Å². The van der Waals surface area contributed by atoms with Crippen LogP contribution in [-0.2, 0) is 0 Å². The predicted octanol–water partition coefficient (Wildman–Crippen LogP) is 7.01. The summed E-state index contributed by atoms with van der Waals surface area (Å²) in [5.41, 5.74) is 4.40. The molecular weight excluding hydrogens is 458 g/mol. The Morgan fingerprint density at radius 3 is 2.03 bits per heavy atom. The highest BCUT2D eigenvalue weighted by Gasteiger charge is 2.11. The van der Waals surface area contributed by atoms with Crippen LogP contribution >= 0.6 is 15.9 Å². The van der Waals surface area contributed by atoms with Gasteiger partial charge in [-0.1, -0.05) is 120 Å². The summed E-state index contributed by atoms with van der Waals surface area (Å²) in [7, 11) is 1.79. The Labute approximate surface area is 199 Å². The Balaban J connectivity index is 1.92. The average Bonchev–Trinajstić information content (AvgIpc) is 2.86.